The lowest BCUT2D eigenvalue weighted by atomic mass is 9.83. The monoisotopic (exact) mass is 677 g/mol. The Morgan fingerprint density at radius 2 is 1.73 bits per heavy atom. The number of carboxylic acid groups (broad SMARTS) is 1. The number of aliphatic hydroxyl groups is 5. The number of allylic oxidation sites excluding steroid dienone is 6. The van der Waals surface area contributed by atoms with Gasteiger partial charge in [-0.25, -0.2) is 4.79 Å². The number of nitrogens with two attached hydrogens (primary N) is 1. The number of fused-ring (bicyclic) bond motifs is 10. The number of hydrogen-bond donors (Lipinski definition) is 7. The van der Waals surface area contributed by atoms with Crippen LogP contribution >= 0.6 is 0 Å². The SMILES string of the molecule is C[C@@H]1CC=C2C=C(/C=C/C=C/[C@H](O[C@@H]3O[C@H](C)[C@@H](O)[C@H](N)[C@@H]3O)C[C@@H]3O[C@](O)(C[C@@H](O)C[C@H]4O[C@@H]4/C=C\C(=O)O1)C[C@H](O)[C@H]3C(=O)O)C2. The van der Waals surface area contributed by atoms with Crippen LogP contribution in [-0.2, 0) is 33.3 Å². The fraction of sp³-hybridized carbons (Fsp3) is 0.647. The van der Waals surface area contributed by atoms with Gasteiger partial charge in [-0.1, -0.05) is 36.5 Å². The fourth-order valence-corrected chi connectivity index (χ4v) is 6.58. The van der Waals surface area contributed by atoms with Crippen molar-refractivity contribution in [1.29, 1.82) is 0 Å². The van der Waals surface area contributed by atoms with Gasteiger partial charge in [0, 0.05) is 38.2 Å². The van der Waals surface area contributed by atoms with Gasteiger partial charge >= 0.3 is 11.9 Å². The second-order valence-corrected chi connectivity index (χ2v) is 13.4. The first-order valence-corrected chi connectivity index (χ1v) is 16.4. The zero-order valence-corrected chi connectivity index (χ0v) is 27.0. The molecule has 0 aromatic rings. The normalized spacial score (nSPS) is 46.2. The molecular weight excluding hydrogens is 630 g/mol. The highest BCUT2D eigenvalue weighted by atomic mass is 16.7. The number of aliphatic carboxylic acids is 1. The minimum atomic E-state index is -2.10. The minimum absolute atomic E-state index is 0.0837. The van der Waals surface area contributed by atoms with Crippen molar-refractivity contribution in [3.8, 4) is 0 Å². The first kappa shape index (κ1) is 36.5. The molecule has 0 radical (unpaired) electrons. The number of esters is 1. The van der Waals surface area contributed by atoms with Crippen LogP contribution < -0.4 is 5.73 Å². The highest BCUT2D eigenvalue weighted by molar-refractivity contribution is 5.82. The van der Waals surface area contributed by atoms with E-state index in [4.69, 9.17) is 29.4 Å². The van der Waals surface area contributed by atoms with Crippen molar-refractivity contribution >= 4 is 11.9 Å². The van der Waals surface area contributed by atoms with E-state index in [0.29, 0.717) is 12.8 Å². The van der Waals surface area contributed by atoms with Crippen molar-refractivity contribution in [3.63, 3.8) is 0 Å². The van der Waals surface area contributed by atoms with E-state index in [2.05, 4.69) is 0 Å². The molecule has 3 saturated heterocycles. The van der Waals surface area contributed by atoms with Gasteiger partial charge in [-0.15, -0.1) is 0 Å². The molecule has 1 aliphatic carbocycles. The molecule has 3 fully saturated rings. The third-order valence-corrected chi connectivity index (χ3v) is 9.33. The van der Waals surface area contributed by atoms with Gasteiger partial charge in [0.2, 0.25) is 0 Å². The molecule has 0 spiro atoms. The van der Waals surface area contributed by atoms with Crippen LogP contribution in [0, 0.1) is 5.92 Å². The number of carbonyl (C=O) groups is 2. The van der Waals surface area contributed by atoms with Gasteiger partial charge in [0.1, 0.15) is 24.2 Å². The molecule has 8 N–H and O–H groups in total. The Labute approximate surface area is 278 Å². The number of hydrogen-bond acceptors (Lipinski definition) is 13. The van der Waals surface area contributed by atoms with E-state index in [0.717, 1.165) is 11.1 Å². The van der Waals surface area contributed by atoms with E-state index in [-0.39, 0.29) is 25.4 Å². The highest BCUT2D eigenvalue weighted by Gasteiger charge is 2.51. The van der Waals surface area contributed by atoms with Crippen LogP contribution in [0.5, 0.6) is 0 Å². The van der Waals surface area contributed by atoms with Crippen molar-refractivity contribution in [2.24, 2.45) is 11.7 Å². The Hall–Kier alpha value is -2.76. The highest BCUT2D eigenvalue weighted by Crippen LogP contribution is 2.39. The molecule has 5 heterocycles. The molecule has 0 amide bonds. The van der Waals surface area contributed by atoms with Crippen molar-refractivity contribution in [2.45, 2.75) is 132 Å². The summed E-state index contributed by atoms with van der Waals surface area (Å²) in [7, 11) is 0. The van der Waals surface area contributed by atoms with Crippen LogP contribution in [0.25, 0.3) is 0 Å². The molecule has 0 unspecified atom stereocenters. The summed E-state index contributed by atoms with van der Waals surface area (Å²) in [5.74, 6) is -5.41. The molecule has 14 heteroatoms. The molecule has 266 valence electrons. The number of carboxylic acids is 1. The van der Waals surface area contributed by atoms with Gasteiger partial charge in [-0.3, -0.25) is 4.79 Å². The molecule has 0 aromatic heterocycles. The second kappa shape index (κ2) is 15.4. The molecule has 6 aliphatic rings. The summed E-state index contributed by atoms with van der Waals surface area (Å²) in [6.45, 7) is 3.38. The maximum absolute atomic E-state index is 12.3. The maximum Gasteiger partial charge on any atom is 0.330 e. The molecular formula is C34H47NO13. The summed E-state index contributed by atoms with van der Waals surface area (Å²) in [6, 6.07) is -1.07. The average molecular weight is 678 g/mol. The second-order valence-electron chi connectivity index (χ2n) is 13.4. The number of ether oxygens (including phenoxy) is 5. The van der Waals surface area contributed by atoms with Gasteiger partial charge in [-0.2, -0.15) is 0 Å². The Balaban J connectivity index is 1.39. The molecule has 48 heavy (non-hydrogen) atoms. The maximum atomic E-state index is 12.3. The smallest absolute Gasteiger partial charge is 0.330 e. The summed E-state index contributed by atoms with van der Waals surface area (Å²) in [6.07, 6.45) is 3.31. The first-order valence-electron chi connectivity index (χ1n) is 16.4. The minimum Gasteiger partial charge on any atom is -0.481 e. The number of rotatable bonds is 3. The van der Waals surface area contributed by atoms with E-state index < -0.39 is 97.3 Å². The zero-order valence-electron chi connectivity index (χ0n) is 27.0. The number of carbonyl (C=O) groups excluding carboxylic acids is 1. The standard InChI is InChI=1S/C34H47NO13/c1-17-7-8-20-11-19(12-20)5-3-4-6-22(46-33-31(40)29(35)30(39)18(2)45-33)14-26-28(32(41)42)23(37)16-34(43,48-26)15-21(36)13-25-24(47-25)9-10-27(38)44-17/h3-6,8-11,17-18,21-26,28-31,33,36-37,39-40,43H,7,12-16,35H2,1-2H3,(H,41,42)/b5-3+,6-4+,10-9-,20-8?/t17-,18-,21+,22+,23+,24-,25-,26+,28-,29+,30-,31+,33+,34-/m1/s1. The van der Waals surface area contributed by atoms with E-state index in [1.807, 2.05) is 18.2 Å². The Bertz CT molecular complexity index is 1330. The fourth-order valence-electron chi connectivity index (χ4n) is 6.58. The van der Waals surface area contributed by atoms with E-state index >= 15 is 0 Å². The summed E-state index contributed by atoms with van der Waals surface area (Å²) in [4.78, 5) is 24.6. The van der Waals surface area contributed by atoms with Crippen molar-refractivity contribution in [3.05, 3.63) is 59.8 Å². The first-order chi connectivity index (χ1) is 22.7. The van der Waals surface area contributed by atoms with Gasteiger partial charge in [0.05, 0.1) is 48.8 Å². The Morgan fingerprint density at radius 3 is 2.46 bits per heavy atom. The van der Waals surface area contributed by atoms with E-state index in [9.17, 15) is 40.2 Å². The largest absolute Gasteiger partial charge is 0.481 e. The van der Waals surface area contributed by atoms with Crippen molar-refractivity contribution < 1.29 is 63.9 Å². The van der Waals surface area contributed by atoms with Crippen LogP contribution in [-0.4, -0.2) is 122 Å². The summed E-state index contributed by atoms with van der Waals surface area (Å²) < 4.78 is 28.7. The van der Waals surface area contributed by atoms with Crippen LogP contribution in [0.4, 0.5) is 0 Å². The molecule has 0 saturated carbocycles. The Morgan fingerprint density at radius 1 is 0.979 bits per heavy atom. The Kier molecular flexibility index (Phi) is 11.7. The topological polar surface area (TPSA) is 231 Å². The summed E-state index contributed by atoms with van der Waals surface area (Å²) in [5, 5.41) is 64.1. The summed E-state index contributed by atoms with van der Waals surface area (Å²) in [5.41, 5.74) is 8.13. The molecule has 5 aliphatic heterocycles. The molecule has 0 aromatic carbocycles. The predicted molar refractivity (Wildman–Crippen MR) is 168 cm³/mol. The molecule has 14 nitrogen and oxygen atoms in total. The lowest BCUT2D eigenvalue weighted by molar-refractivity contribution is -0.308. The van der Waals surface area contributed by atoms with Gasteiger partial charge < -0.3 is 60.1 Å². The van der Waals surface area contributed by atoms with Gasteiger partial charge in [0.15, 0.2) is 12.1 Å². The number of epoxide rings is 1. The third kappa shape index (κ3) is 9.27. The predicted octanol–water partition coefficient (Wildman–Crippen LogP) is 0.264. The van der Waals surface area contributed by atoms with Crippen LogP contribution in [0.15, 0.2) is 59.8 Å². The van der Waals surface area contributed by atoms with Crippen LogP contribution in [0.2, 0.25) is 0 Å². The van der Waals surface area contributed by atoms with Crippen LogP contribution in [0.3, 0.4) is 0 Å². The third-order valence-electron chi connectivity index (χ3n) is 9.33. The van der Waals surface area contributed by atoms with E-state index in [1.54, 1.807) is 38.2 Å². The number of aliphatic hydroxyl groups excluding tert-OH is 4. The molecule has 4 bridgehead atoms. The van der Waals surface area contributed by atoms with Gasteiger partial charge in [0.25, 0.3) is 0 Å². The lowest BCUT2D eigenvalue weighted by Gasteiger charge is -2.45. The van der Waals surface area contributed by atoms with Gasteiger partial charge in [-0.05, 0) is 37.5 Å². The van der Waals surface area contributed by atoms with Crippen LogP contribution in [0.1, 0.15) is 52.4 Å². The quantitative estimate of drug-likeness (QED) is 0.157. The van der Waals surface area contributed by atoms with E-state index in [1.165, 1.54) is 6.08 Å². The molecule has 14 atom stereocenters. The zero-order chi connectivity index (χ0) is 34.7. The van der Waals surface area contributed by atoms with Crippen molar-refractivity contribution in [1.82, 2.24) is 0 Å². The van der Waals surface area contributed by atoms with Crippen molar-refractivity contribution in [2.75, 3.05) is 0 Å². The molecule has 6 rings (SSSR count). The lowest BCUT2D eigenvalue weighted by Crippen LogP contribution is -2.61. The summed E-state index contributed by atoms with van der Waals surface area (Å²) >= 11 is 0. The average Bonchev–Trinajstić information content (AvgIpc) is 3.71.